The van der Waals surface area contributed by atoms with Crippen LogP contribution in [-0.4, -0.2) is 9.13 Å². The van der Waals surface area contributed by atoms with Crippen LogP contribution in [0.15, 0.2) is 239 Å². The van der Waals surface area contributed by atoms with Gasteiger partial charge in [0.15, 0.2) is 11.2 Å². The lowest BCUT2D eigenvalue weighted by Gasteiger charge is -2.17. The Labute approximate surface area is 427 Å². The van der Waals surface area contributed by atoms with E-state index >= 15 is 0 Å². The van der Waals surface area contributed by atoms with Crippen LogP contribution >= 0.6 is 0 Å². The Bertz CT molecular complexity index is 4640. The van der Waals surface area contributed by atoms with Crippen LogP contribution < -0.4 is 0 Å². The molecule has 0 aliphatic carbocycles. The Kier molecular flexibility index (Phi) is 9.49. The van der Waals surface area contributed by atoms with Crippen molar-refractivity contribution in [2.45, 2.75) is 26.7 Å². The number of hydrogen-bond acceptors (Lipinski definition) is 2. The third kappa shape index (κ3) is 6.54. The normalized spacial score (nSPS) is 12.0. The van der Waals surface area contributed by atoms with Gasteiger partial charge in [0.2, 0.25) is 0 Å². The molecule has 0 unspecified atom stereocenters. The molecule has 11 aromatic carbocycles. The van der Waals surface area contributed by atoms with E-state index in [0.717, 1.165) is 73.5 Å². The SMILES string of the molecule is CCCc1cc(-c2cccc(-c3ccc(-c4ccc5oc6c(ccc7c8cc(-n9c%10ccccc%10c%10ccccc%109)ccc8oc76)c5c4)cc3)c2)ccc1-c1cc(-n2c3ccccc3c3ccccc32)ccc1C. The molecule has 0 N–H and O–H groups in total. The minimum Gasteiger partial charge on any atom is -0.452 e. The number of aromatic nitrogens is 2. The monoisotopic (exact) mass is 948 g/mol. The van der Waals surface area contributed by atoms with Crippen molar-refractivity contribution < 1.29 is 8.83 Å². The number of fused-ring (bicyclic) bond motifs is 13. The number of benzene rings is 11. The summed E-state index contributed by atoms with van der Waals surface area (Å²) in [4.78, 5) is 0. The van der Waals surface area contributed by atoms with Crippen LogP contribution in [-0.2, 0) is 6.42 Å². The average molecular weight is 949 g/mol. The van der Waals surface area contributed by atoms with Crippen LogP contribution in [0.4, 0.5) is 0 Å². The highest BCUT2D eigenvalue weighted by atomic mass is 16.4. The molecule has 15 aromatic rings. The lowest BCUT2D eigenvalue weighted by atomic mass is 9.90. The molecule has 4 heterocycles. The van der Waals surface area contributed by atoms with Crippen molar-refractivity contribution in [2.75, 3.05) is 0 Å². The number of furan rings is 2. The van der Waals surface area contributed by atoms with Gasteiger partial charge < -0.3 is 18.0 Å². The second-order valence-electron chi connectivity index (χ2n) is 19.9. The van der Waals surface area contributed by atoms with Gasteiger partial charge in [0.05, 0.1) is 22.1 Å². The lowest BCUT2D eigenvalue weighted by molar-refractivity contribution is 0.633. The summed E-state index contributed by atoms with van der Waals surface area (Å²) < 4.78 is 18.0. The summed E-state index contributed by atoms with van der Waals surface area (Å²) in [5, 5.41) is 9.26. The summed E-state index contributed by atoms with van der Waals surface area (Å²) in [6.45, 7) is 4.52. The smallest absolute Gasteiger partial charge is 0.178 e. The minimum atomic E-state index is 0.773. The van der Waals surface area contributed by atoms with Gasteiger partial charge in [0, 0.05) is 54.5 Å². The van der Waals surface area contributed by atoms with E-state index in [1.807, 2.05) is 0 Å². The molecule has 350 valence electrons. The summed E-state index contributed by atoms with van der Waals surface area (Å²) >= 11 is 0. The standard InChI is InChI=1S/C70H48N2O2/c1-3-13-50-39-48(29-33-53(50)60-41-51(31-24-43(60)2)71-63-20-8-4-16-54(63)55-17-5-9-21-64(55)71)47-15-12-14-46(38-47)44-25-27-45(28-26-44)49-30-36-67-61(40-49)58-34-35-59-62-42-52(32-37-68(62)74-70(59)69(58)73-67)72-65-22-10-6-18-56(65)57-19-7-11-23-66(57)72/h4-12,14-42H,3,13H2,1-2H3. The van der Waals surface area contributed by atoms with Crippen molar-refractivity contribution in [3.8, 4) is 55.9 Å². The summed E-state index contributed by atoms with van der Waals surface area (Å²) in [6, 6.07) is 84.1. The second kappa shape index (κ2) is 16.6. The Morgan fingerprint density at radius 2 is 0.770 bits per heavy atom. The fourth-order valence-corrected chi connectivity index (χ4v) is 12.1. The summed E-state index contributed by atoms with van der Waals surface area (Å²) in [5.41, 5.74) is 22.7. The highest BCUT2D eigenvalue weighted by Gasteiger charge is 2.20. The molecule has 0 aliphatic heterocycles. The Morgan fingerprint density at radius 3 is 1.34 bits per heavy atom. The van der Waals surface area contributed by atoms with Gasteiger partial charge in [-0.2, -0.15) is 0 Å². The number of aryl methyl sites for hydroxylation is 2. The van der Waals surface area contributed by atoms with Crippen molar-refractivity contribution >= 4 is 87.5 Å². The summed E-state index contributed by atoms with van der Waals surface area (Å²) in [6.07, 6.45) is 2.07. The molecular weight excluding hydrogens is 901 g/mol. The highest BCUT2D eigenvalue weighted by Crippen LogP contribution is 2.43. The zero-order valence-electron chi connectivity index (χ0n) is 41.1. The maximum Gasteiger partial charge on any atom is 0.178 e. The van der Waals surface area contributed by atoms with Gasteiger partial charge in [-0.25, -0.2) is 0 Å². The number of rotatable bonds is 8. The molecule has 4 heteroatoms. The molecule has 0 bridgehead atoms. The van der Waals surface area contributed by atoms with Crippen molar-refractivity contribution in [3.05, 3.63) is 242 Å². The number of hydrogen-bond donors (Lipinski definition) is 0. The van der Waals surface area contributed by atoms with E-state index in [4.69, 9.17) is 8.83 Å². The van der Waals surface area contributed by atoms with E-state index in [-0.39, 0.29) is 0 Å². The van der Waals surface area contributed by atoms with Crippen LogP contribution in [0.2, 0.25) is 0 Å². The number of nitrogens with zero attached hydrogens (tertiary/aromatic N) is 2. The Morgan fingerprint density at radius 1 is 0.324 bits per heavy atom. The van der Waals surface area contributed by atoms with Crippen LogP contribution in [0, 0.1) is 6.92 Å². The molecule has 4 nitrogen and oxygen atoms in total. The third-order valence-electron chi connectivity index (χ3n) is 15.6. The predicted molar refractivity (Wildman–Crippen MR) is 310 cm³/mol. The summed E-state index contributed by atoms with van der Waals surface area (Å²) in [7, 11) is 0. The first kappa shape index (κ1) is 42.3. The molecule has 0 fully saturated rings. The van der Waals surface area contributed by atoms with Gasteiger partial charge in [0.1, 0.15) is 11.2 Å². The van der Waals surface area contributed by atoms with Crippen molar-refractivity contribution in [2.24, 2.45) is 0 Å². The Balaban J connectivity index is 0.731. The second-order valence-corrected chi connectivity index (χ2v) is 19.9. The topological polar surface area (TPSA) is 36.1 Å². The highest BCUT2D eigenvalue weighted by molar-refractivity contribution is 6.20. The molecular formula is C70H48N2O2. The first-order valence-electron chi connectivity index (χ1n) is 25.8. The molecule has 0 aliphatic rings. The first-order valence-corrected chi connectivity index (χ1v) is 25.8. The quantitative estimate of drug-likeness (QED) is 0.152. The van der Waals surface area contributed by atoms with Crippen LogP contribution in [0.1, 0.15) is 24.5 Å². The fraction of sp³-hybridized carbons (Fsp3) is 0.0571. The van der Waals surface area contributed by atoms with Crippen molar-refractivity contribution in [3.63, 3.8) is 0 Å². The van der Waals surface area contributed by atoms with Crippen molar-refractivity contribution in [1.29, 1.82) is 0 Å². The number of para-hydroxylation sites is 4. The lowest BCUT2D eigenvalue weighted by Crippen LogP contribution is -1.98. The van der Waals surface area contributed by atoms with Crippen LogP contribution in [0.5, 0.6) is 0 Å². The zero-order chi connectivity index (χ0) is 49.0. The molecule has 0 amide bonds. The van der Waals surface area contributed by atoms with E-state index in [9.17, 15) is 0 Å². The van der Waals surface area contributed by atoms with E-state index < -0.39 is 0 Å². The molecule has 15 rings (SSSR count). The van der Waals surface area contributed by atoms with Gasteiger partial charge in [-0.15, -0.1) is 0 Å². The third-order valence-corrected chi connectivity index (χ3v) is 15.6. The van der Waals surface area contributed by atoms with E-state index in [1.54, 1.807) is 0 Å². The minimum absolute atomic E-state index is 0.773. The van der Waals surface area contributed by atoms with Gasteiger partial charge in [-0.3, -0.25) is 0 Å². The molecule has 0 radical (unpaired) electrons. The molecule has 0 saturated carbocycles. The average Bonchev–Trinajstić information content (AvgIpc) is 4.24. The van der Waals surface area contributed by atoms with Gasteiger partial charge in [-0.05, 0) is 154 Å². The Hall–Kier alpha value is -9.38. The molecule has 74 heavy (non-hydrogen) atoms. The molecule has 0 saturated heterocycles. The van der Waals surface area contributed by atoms with Gasteiger partial charge in [0.25, 0.3) is 0 Å². The van der Waals surface area contributed by atoms with E-state index in [1.165, 1.54) is 93.8 Å². The van der Waals surface area contributed by atoms with E-state index in [0.29, 0.717) is 0 Å². The molecule has 0 atom stereocenters. The predicted octanol–water partition coefficient (Wildman–Crippen LogP) is 19.6. The van der Waals surface area contributed by atoms with Crippen LogP contribution in [0.3, 0.4) is 0 Å². The van der Waals surface area contributed by atoms with Crippen LogP contribution in [0.25, 0.3) is 143 Å². The maximum absolute atomic E-state index is 6.63. The van der Waals surface area contributed by atoms with Gasteiger partial charge in [-0.1, -0.05) is 159 Å². The van der Waals surface area contributed by atoms with E-state index in [2.05, 4.69) is 254 Å². The van der Waals surface area contributed by atoms with Gasteiger partial charge >= 0.3 is 0 Å². The zero-order valence-corrected chi connectivity index (χ0v) is 41.1. The molecule has 0 spiro atoms. The fourth-order valence-electron chi connectivity index (χ4n) is 12.1. The largest absolute Gasteiger partial charge is 0.452 e. The van der Waals surface area contributed by atoms with Crippen molar-refractivity contribution in [1.82, 2.24) is 9.13 Å². The first-order chi connectivity index (χ1) is 36.5. The molecule has 4 aromatic heterocycles. The maximum atomic E-state index is 6.63. The summed E-state index contributed by atoms with van der Waals surface area (Å²) in [5.74, 6) is 0.